The monoisotopic (exact) mass is 355 g/mol. The van der Waals surface area contributed by atoms with Crippen molar-refractivity contribution in [2.45, 2.75) is 25.0 Å². The molecule has 0 unspecified atom stereocenters. The van der Waals surface area contributed by atoms with Gasteiger partial charge in [-0.1, -0.05) is 18.2 Å². The van der Waals surface area contributed by atoms with E-state index in [2.05, 4.69) is 27.7 Å². The highest BCUT2D eigenvalue weighted by Crippen LogP contribution is 2.32. The molecule has 4 rings (SSSR count). The molecule has 136 valence electrons. The summed E-state index contributed by atoms with van der Waals surface area (Å²) in [6.07, 6.45) is 1.54. The van der Waals surface area contributed by atoms with Gasteiger partial charge in [0.1, 0.15) is 17.2 Å². The van der Waals surface area contributed by atoms with Crippen LogP contribution in [-0.2, 0) is 6.54 Å². The number of nitrogens with zero attached hydrogens (tertiary/aromatic N) is 1. The lowest BCUT2D eigenvalue weighted by atomic mass is 9.92. The summed E-state index contributed by atoms with van der Waals surface area (Å²) in [6.45, 7) is 2.56. The van der Waals surface area contributed by atoms with Crippen LogP contribution in [0.4, 0.5) is 10.1 Å². The van der Waals surface area contributed by atoms with Crippen LogP contribution in [0.1, 0.15) is 28.8 Å². The molecule has 1 fully saturated rings. The summed E-state index contributed by atoms with van der Waals surface area (Å²) < 4.78 is 19.1. The number of halogens is 1. The number of benzene rings is 2. The Morgan fingerprint density at radius 1 is 1.12 bits per heavy atom. The average molecular weight is 355 g/mol. The van der Waals surface area contributed by atoms with Crippen LogP contribution >= 0.6 is 0 Å². The summed E-state index contributed by atoms with van der Waals surface area (Å²) in [6, 6.07) is 12.8. The predicted molar refractivity (Wildman–Crippen MR) is 97.7 cm³/mol. The normalized spacial score (nSPS) is 18.8. The van der Waals surface area contributed by atoms with E-state index in [1.165, 1.54) is 11.6 Å². The molecule has 2 aliphatic rings. The first-order valence-corrected chi connectivity index (χ1v) is 8.83. The molecule has 0 aromatic heterocycles. The maximum atomic E-state index is 13.9. The number of hydrogen-bond donors (Lipinski definition) is 2. The zero-order valence-electron chi connectivity index (χ0n) is 14.7. The number of likely N-dealkylation sites (tertiary alicyclic amines) is 1. The summed E-state index contributed by atoms with van der Waals surface area (Å²) in [5.74, 6) is 0.0334. The molecule has 2 aliphatic heterocycles. The molecular weight excluding hydrogens is 333 g/mol. The quantitative estimate of drug-likeness (QED) is 0.889. The third kappa shape index (κ3) is 3.12. The molecular formula is C20H22FN3O2. The number of rotatable bonds is 3. The molecule has 5 nitrogen and oxygen atoms in total. The fraction of sp³-hybridized carbons (Fsp3) is 0.350. The summed E-state index contributed by atoms with van der Waals surface area (Å²) >= 11 is 0. The highest BCUT2D eigenvalue weighted by Gasteiger charge is 2.40. The number of ether oxygens (including phenoxy) is 1. The molecule has 0 aliphatic carbocycles. The van der Waals surface area contributed by atoms with Crippen molar-refractivity contribution in [3.05, 3.63) is 59.4 Å². The number of carbonyl (C=O) groups is 1. The van der Waals surface area contributed by atoms with Gasteiger partial charge < -0.3 is 15.4 Å². The highest BCUT2D eigenvalue weighted by molar-refractivity contribution is 6.02. The van der Waals surface area contributed by atoms with Crippen LogP contribution in [0.25, 0.3) is 0 Å². The molecule has 2 aromatic carbocycles. The van der Waals surface area contributed by atoms with Crippen LogP contribution in [0.15, 0.2) is 42.5 Å². The number of amides is 1. The van der Waals surface area contributed by atoms with Gasteiger partial charge in [0.25, 0.3) is 5.91 Å². The molecule has 0 bridgehead atoms. The Bertz CT molecular complexity index is 814. The van der Waals surface area contributed by atoms with Gasteiger partial charge in [-0.05, 0) is 29.8 Å². The van der Waals surface area contributed by atoms with E-state index < -0.39 is 11.5 Å². The average Bonchev–Trinajstić information content (AvgIpc) is 2.64. The first-order chi connectivity index (χ1) is 12.6. The number of carbonyl (C=O) groups excluding carboxylic acids is 1. The number of piperidine rings is 1. The van der Waals surface area contributed by atoms with Crippen LogP contribution in [-0.4, -0.2) is 36.7 Å². The van der Waals surface area contributed by atoms with Gasteiger partial charge in [0.15, 0.2) is 0 Å². The molecule has 0 atom stereocenters. The second kappa shape index (κ2) is 6.61. The van der Waals surface area contributed by atoms with Gasteiger partial charge >= 0.3 is 0 Å². The van der Waals surface area contributed by atoms with Crippen LogP contribution < -0.4 is 15.4 Å². The SMILES string of the molecule is COc1ccc(CN2CCC3(CC2)NC(=O)c2c(F)cccc2N3)cc1. The third-order valence-electron chi connectivity index (χ3n) is 5.24. The summed E-state index contributed by atoms with van der Waals surface area (Å²) in [7, 11) is 1.66. The van der Waals surface area contributed by atoms with E-state index in [0.717, 1.165) is 38.2 Å². The topological polar surface area (TPSA) is 53.6 Å². The Labute approximate surface area is 152 Å². The first-order valence-electron chi connectivity index (χ1n) is 8.83. The van der Waals surface area contributed by atoms with Gasteiger partial charge in [-0.3, -0.25) is 9.69 Å². The third-order valence-corrected chi connectivity index (χ3v) is 5.24. The summed E-state index contributed by atoms with van der Waals surface area (Å²) in [5.41, 5.74) is 1.43. The molecule has 6 heteroatoms. The van der Waals surface area contributed by atoms with Crippen LogP contribution in [0.2, 0.25) is 0 Å². The summed E-state index contributed by atoms with van der Waals surface area (Å²) in [5, 5.41) is 6.36. The van der Waals surface area contributed by atoms with E-state index in [0.29, 0.717) is 5.69 Å². The lowest BCUT2D eigenvalue weighted by Gasteiger charge is -2.46. The fourth-order valence-corrected chi connectivity index (χ4v) is 3.76. The van der Waals surface area contributed by atoms with Crippen molar-refractivity contribution in [1.29, 1.82) is 0 Å². The number of anilines is 1. The molecule has 0 saturated carbocycles. The smallest absolute Gasteiger partial charge is 0.258 e. The maximum absolute atomic E-state index is 13.9. The Kier molecular flexibility index (Phi) is 4.28. The van der Waals surface area contributed by atoms with Gasteiger partial charge in [-0.15, -0.1) is 0 Å². The van der Waals surface area contributed by atoms with Crippen LogP contribution in [0, 0.1) is 5.82 Å². The molecule has 0 radical (unpaired) electrons. The largest absolute Gasteiger partial charge is 0.497 e. The van der Waals surface area contributed by atoms with Crippen molar-refractivity contribution < 1.29 is 13.9 Å². The Balaban J connectivity index is 1.42. The summed E-state index contributed by atoms with van der Waals surface area (Å²) in [4.78, 5) is 14.8. The molecule has 2 aromatic rings. The van der Waals surface area contributed by atoms with E-state index >= 15 is 0 Å². The van der Waals surface area contributed by atoms with Crippen LogP contribution in [0.5, 0.6) is 5.75 Å². The van der Waals surface area contributed by atoms with E-state index in [1.807, 2.05) is 12.1 Å². The Hall–Kier alpha value is -2.60. The second-order valence-electron chi connectivity index (χ2n) is 6.95. The van der Waals surface area contributed by atoms with Crippen molar-refractivity contribution in [1.82, 2.24) is 10.2 Å². The Morgan fingerprint density at radius 2 is 1.85 bits per heavy atom. The number of fused-ring (bicyclic) bond motifs is 1. The molecule has 1 saturated heterocycles. The lowest BCUT2D eigenvalue weighted by molar-refractivity contribution is 0.0817. The van der Waals surface area contributed by atoms with Gasteiger partial charge in [0, 0.05) is 32.5 Å². The van der Waals surface area contributed by atoms with Crippen molar-refractivity contribution >= 4 is 11.6 Å². The number of methoxy groups -OCH3 is 1. The van der Waals surface area contributed by atoms with Gasteiger partial charge in [-0.2, -0.15) is 0 Å². The van der Waals surface area contributed by atoms with Gasteiger partial charge in [0.05, 0.1) is 18.4 Å². The molecule has 26 heavy (non-hydrogen) atoms. The minimum absolute atomic E-state index is 0.110. The van der Waals surface area contributed by atoms with E-state index in [-0.39, 0.29) is 11.5 Å². The molecule has 1 spiro atoms. The van der Waals surface area contributed by atoms with E-state index in [9.17, 15) is 9.18 Å². The number of hydrogen-bond acceptors (Lipinski definition) is 4. The lowest BCUT2D eigenvalue weighted by Crippen LogP contribution is -2.62. The maximum Gasteiger partial charge on any atom is 0.258 e. The minimum atomic E-state index is -0.492. The van der Waals surface area contributed by atoms with Gasteiger partial charge in [0.2, 0.25) is 0 Å². The van der Waals surface area contributed by atoms with E-state index in [1.54, 1.807) is 19.2 Å². The highest BCUT2D eigenvalue weighted by atomic mass is 19.1. The standard InChI is InChI=1S/C20H22FN3O2/c1-26-15-7-5-14(6-8-15)13-24-11-9-20(10-12-24)22-17-4-2-3-16(21)18(17)19(25)23-20/h2-8,22H,9-13H2,1H3,(H,23,25). The van der Waals surface area contributed by atoms with Gasteiger partial charge in [-0.25, -0.2) is 4.39 Å². The molecule has 2 N–H and O–H groups in total. The predicted octanol–water partition coefficient (Wildman–Crippen LogP) is 2.98. The Morgan fingerprint density at radius 3 is 2.54 bits per heavy atom. The molecule has 2 heterocycles. The van der Waals surface area contributed by atoms with Crippen LogP contribution in [0.3, 0.4) is 0 Å². The minimum Gasteiger partial charge on any atom is -0.497 e. The molecule has 1 amide bonds. The van der Waals surface area contributed by atoms with Crippen molar-refractivity contribution in [2.75, 3.05) is 25.5 Å². The first kappa shape index (κ1) is 16.8. The second-order valence-corrected chi connectivity index (χ2v) is 6.95. The van der Waals surface area contributed by atoms with Crippen molar-refractivity contribution in [2.24, 2.45) is 0 Å². The van der Waals surface area contributed by atoms with E-state index in [4.69, 9.17) is 4.74 Å². The van der Waals surface area contributed by atoms with Crippen molar-refractivity contribution in [3.8, 4) is 5.75 Å². The zero-order valence-corrected chi connectivity index (χ0v) is 14.7. The fourth-order valence-electron chi connectivity index (χ4n) is 3.76. The van der Waals surface area contributed by atoms with Crippen molar-refractivity contribution in [3.63, 3.8) is 0 Å². The number of nitrogens with one attached hydrogen (secondary N) is 2. The zero-order chi connectivity index (χ0) is 18.1.